The molecule has 0 N–H and O–H groups in total. The molecule has 0 amide bonds. The highest BCUT2D eigenvalue weighted by Gasteiger charge is 2.42. The Morgan fingerprint density at radius 2 is 1.90 bits per heavy atom. The molecule has 0 aliphatic carbocycles. The monoisotopic (exact) mass is 305 g/mol. The van der Waals surface area contributed by atoms with E-state index < -0.39 is 12.0 Å². The standard InChI is InChI=1S/C14H18F3NOS/c1-3-7-18(8-4-2)12(13(19)14(15,16)17)10-11-6-5-9-20-11/h5-6,9-10H,3-4,7-8H2,1-2H3/b12-10-. The van der Waals surface area contributed by atoms with Crippen molar-refractivity contribution >= 4 is 23.2 Å². The molecule has 1 heterocycles. The maximum Gasteiger partial charge on any atom is 0.456 e. The van der Waals surface area contributed by atoms with Crippen molar-refractivity contribution in [2.75, 3.05) is 13.1 Å². The van der Waals surface area contributed by atoms with Gasteiger partial charge >= 0.3 is 6.18 Å². The second kappa shape index (κ2) is 7.47. The molecule has 0 radical (unpaired) electrons. The Morgan fingerprint density at radius 1 is 1.30 bits per heavy atom. The summed E-state index contributed by atoms with van der Waals surface area (Å²) in [5, 5.41) is 1.77. The van der Waals surface area contributed by atoms with E-state index >= 15 is 0 Å². The van der Waals surface area contributed by atoms with Gasteiger partial charge in [-0.3, -0.25) is 4.79 Å². The van der Waals surface area contributed by atoms with Gasteiger partial charge < -0.3 is 4.90 Å². The fourth-order valence-electron chi connectivity index (χ4n) is 1.85. The maximum absolute atomic E-state index is 12.8. The highest BCUT2D eigenvalue weighted by atomic mass is 32.1. The molecule has 0 fully saturated rings. The molecule has 0 spiro atoms. The van der Waals surface area contributed by atoms with Gasteiger partial charge in [0.25, 0.3) is 5.78 Å². The minimum absolute atomic E-state index is 0.261. The Bertz CT molecular complexity index is 445. The number of thiophene rings is 1. The zero-order valence-electron chi connectivity index (χ0n) is 11.5. The first-order valence-electron chi connectivity index (χ1n) is 6.51. The first kappa shape index (κ1) is 16.8. The van der Waals surface area contributed by atoms with Gasteiger partial charge in [0.05, 0.1) is 5.70 Å². The number of alkyl halides is 3. The molecular weight excluding hydrogens is 287 g/mol. The first-order chi connectivity index (χ1) is 9.40. The SMILES string of the molecule is CCCN(CCC)/C(=C\c1cccs1)C(=O)C(F)(F)F. The minimum atomic E-state index is -4.84. The van der Waals surface area contributed by atoms with Gasteiger partial charge in [0.1, 0.15) is 0 Å². The molecule has 0 aliphatic rings. The highest BCUT2D eigenvalue weighted by Crippen LogP contribution is 2.26. The molecule has 1 aromatic rings. The third-order valence-corrected chi connectivity index (χ3v) is 3.46. The number of rotatable bonds is 7. The number of hydrogen-bond donors (Lipinski definition) is 0. The lowest BCUT2D eigenvalue weighted by molar-refractivity contribution is -0.168. The van der Waals surface area contributed by atoms with Crippen molar-refractivity contribution in [3.05, 3.63) is 28.1 Å². The van der Waals surface area contributed by atoms with Crippen molar-refractivity contribution in [1.82, 2.24) is 4.90 Å². The zero-order valence-corrected chi connectivity index (χ0v) is 12.4. The van der Waals surface area contributed by atoms with Crippen molar-refractivity contribution in [2.45, 2.75) is 32.9 Å². The van der Waals surface area contributed by atoms with Crippen LogP contribution in [-0.2, 0) is 4.79 Å². The van der Waals surface area contributed by atoms with E-state index in [0.717, 1.165) is 0 Å². The summed E-state index contributed by atoms with van der Waals surface area (Å²) in [6.07, 6.45) is -2.13. The second-order valence-corrected chi connectivity index (χ2v) is 5.34. The second-order valence-electron chi connectivity index (χ2n) is 4.36. The Kier molecular flexibility index (Phi) is 6.26. The van der Waals surface area contributed by atoms with Crippen LogP contribution in [0, 0.1) is 0 Å². The molecule has 1 aromatic heterocycles. The Hall–Kier alpha value is -1.30. The molecule has 2 nitrogen and oxygen atoms in total. The van der Waals surface area contributed by atoms with Crippen LogP contribution in [0.15, 0.2) is 23.2 Å². The van der Waals surface area contributed by atoms with Gasteiger partial charge in [-0.25, -0.2) is 0 Å². The number of carbonyl (C=O) groups is 1. The summed E-state index contributed by atoms with van der Waals surface area (Å²) in [5.74, 6) is -1.77. The van der Waals surface area contributed by atoms with Gasteiger partial charge in [-0.05, 0) is 30.4 Å². The average Bonchev–Trinajstić information content (AvgIpc) is 2.87. The molecule has 6 heteroatoms. The van der Waals surface area contributed by atoms with E-state index in [1.165, 1.54) is 22.3 Å². The van der Waals surface area contributed by atoms with Gasteiger partial charge in [0.2, 0.25) is 0 Å². The minimum Gasteiger partial charge on any atom is -0.368 e. The van der Waals surface area contributed by atoms with Crippen LogP contribution in [0.2, 0.25) is 0 Å². The first-order valence-corrected chi connectivity index (χ1v) is 7.39. The van der Waals surface area contributed by atoms with Crippen LogP contribution < -0.4 is 0 Å². The van der Waals surface area contributed by atoms with Crippen LogP contribution in [-0.4, -0.2) is 29.9 Å². The summed E-state index contributed by atoms with van der Waals surface area (Å²) in [7, 11) is 0. The van der Waals surface area contributed by atoms with Crippen molar-refractivity contribution in [3.8, 4) is 0 Å². The Labute approximate surface area is 120 Å². The molecular formula is C14H18F3NOS. The molecule has 0 bridgehead atoms. The molecule has 0 atom stereocenters. The molecule has 0 saturated carbocycles. The summed E-state index contributed by atoms with van der Waals surface area (Å²) < 4.78 is 38.3. The number of nitrogens with zero attached hydrogens (tertiary/aromatic N) is 1. The molecule has 112 valence electrons. The van der Waals surface area contributed by atoms with Gasteiger partial charge in [-0.15, -0.1) is 11.3 Å². The van der Waals surface area contributed by atoms with Crippen LogP contribution >= 0.6 is 11.3 Å². The largest absolute Gasteiger partial charge is 0.456 e. The van der Waals surface area contributed by atoms with Crippen LogP contribution in [0.4, 0.5) is 13.2 Å². The third kappa shape index (κ3) is 4.67. The van der Waals surface area contributed by atoms with Gasteiger partial charge in [-0.1, -0.05) is 19.9 Å². The van der Waals surface area contributed by atoms with Crippen molar-refractivity contribution in [3.63, 3.8) is 0 Å². The highest BCUT2D eigenvalue weighted by molar-refractivity contribution is 7.10. The van der Waals surface area contributed by atoms with E-state index in [1.54, 1.807) is 17.5 Å². The van der Waals surface area contributed by atoms with Gasteiger partial charge in [0.15, 0.2) is 0 Å². The normalized spacial score (nSPS) is 12.6. The lowest BCUT2D eigenvalue weighted by Gasteiger charge is -2.26. The Morgan fingerprint density at radius 3 is 2.30 bits per heavy atom. The van der Waals surface area contributed by atoms with E-state index in [4.69, 9.17) is 0 Å². The van der Waals surface area contributed by atoms with Crippen molar-refractivity contribution in [1.29, 1.82) is 0 Å². The third-order valence-electron chi connectivity index (χ3n) is 2.64. The van der Waals surface area contributed by atoms with Crippen LogP contribution in [0.25, 0.3) is 6.08 Å². The summed E-state index contributed by atoms with van der Waals surface area (Å²) in [4.78, 5) is 13.8. The number of Topliss-reactive ketones (excluding diaryl/α,β-unsaturated/α-hetero) is 1. The molecule has 0 aromatic carbocycles. The average molecular weight is 305 g/mol. The fourth-order valence-corrected chi connectivity index (χ4v) is 2.50. The summed E-state index contributed by atoms with van der Waals surface area (Å²) in [6, 6.07) is 3.44. The van der Waals surface area contributed by atoms with Crippen molar-refractivity contribution < 1.29 is 18.0 Å². The van der Waals surface area contributed by atoms with E-state index in [9.17, 15) is 18.0 Å². The quantitative estimate of drug-likeness (QED) is 0.698. The van der Waals surface area contributed by atoms with E-state index in [1.807, 2.05) is 13.8 Å². The molecule has 20 heavy (non-hydrogen) atoms. The van der Waals surface area contributed by atoms with Crippen LogP contribution in [0.3, 0.4) is 0 Å². The smallest absolute Gasteiger partial charge is 0.368 e. The molecule has 1 rings (SSSR count). The van der Waals surface area contributed by atoms with Crippen LogP contribution in [0.1, 0.15) is 31.6 Å². The zero-order chi connectivity index (χ0) is 15.2. The summed E-state index contributed by atoms with van der Waals surface area (Å²) in [5.41, 5.74) is -0.261. The number of ketones is 1. The predicted molar refractivity (Wildman–Crippen MR) is 75.5 cm³/mol. The number of carbonyl (C=O) groups excluding carboxylic acids is 1. The predicted octanol–water partition coefficient (Wildman–Crippen LogP) is 4.34. The molecule has 0 saturated heterocycles. The van der Waals surface area contributed by atoms with E-state index in [2.05, 4.69) is 0 Å². The van der Waals surface area contributed by atoms with Crippen LogP contribution in [0.5, 0.6) is 0 Å². The van der Waals surface area contributed by atoms with Gasteiger partial charge in [0, 0.05) is 18.0 Å². The van der Waals surface area contributed by atoms with Gasteiger partial charge in [-0.2, -0.15) is 13.2 Å². The molecule has 0 aliphatic heterocycles. The number of hydrogen-bond acceptors (Lipinski definition) is 3. The number of halogens is 3. The van der Waals surface area contributed by atoms with E-state index in [0.29, 0.717) is 30.8 Å². The lowest BCUT2D eigenvalue weighted by Crippen LogP contribution is -2.35. The topological polar surface area (TPSA) is 20.3 Å². The summed E-state index contributed by atoms with van der Waals surface area (Å²) >= 11 is 1.31. The number of allylic oxidation sites excluding steroid dienone is 1. The fraction of sp³-hybridized carbons (Fsp3) is 0.500. The Balaban J connectivity index is 3.15. The molecule has 0 unspecified atom stereocenters. The van der Waals surface area contributed by atoms with E-state index in [-0.39, 0.29) is 5.70 Å². The summed E-state index contributed by atoms with van der Waals surface area (Å²) in [6.45, 7) is 4.63. The lowest BCUT2D eigenvalue weighted by atomic mass is 10.2. The van der Waals surface area contributed by atoms with Crippen molar-refractivity contribution in [2.24, 2.45) is 0 Å². The maximum atomic E-state index is 12.8.